The van der Waals surface area contributed by atoms with E-state index >= 15 is 0 Å². The standard InChI is InChI=1S/2C11H19O2.Sr/c2*1-10(2,3)8(12)7-9(13)11(4,5)6;/h2*7H,1-6H3;. The third-order valence-corrected chi connectivity index (χ3v) is 10.7. The van der Waals surface area contributed by atoms with Crippen LogP contribution in [0.5, 0.6) is 0 Å². The Bertz CT molecular complexity index is 498. The fourth-order valence-corrected chi connectivity index (χ4v) is 12.3. The molecule has 0 aromatic heterocycles. The average Bonchev–Trinajstić information content (AvgIpc) is 2.42. The van der Waals surface area contributed by atoms with Gasteiger partial charge < -0.3 is 0 Å². The minimum absolute atomic E-state index is 0.119. The van der Waals surface area contributed by atoms with Gasteiger partial charge in [-0.2, -0.15) is 0 Å². The molecule has 0 bridgehead atoms. The zero-order valence-electron chi connectivity index (χ0n) is 19.5. The van der Waals surface area contributed by atoms with Gasteiger partial charge >= 0.3 is 190 Å². The number of ketones is 4. The van der Waals surface area contributed by atoms with Crippen LogP contribution in [0.25, 0.3) is 0 Å². The van der Waals surface area contributed by atoms with Gasteiger partial charge in [0.2, 0.25) is 0 Å². The molecule has 0 radical (unpaired) electrons. The van der Waals surface area contributed by atoms with Gasteiger partial charge in [-0.1, -0.05) is 0 Å². The third-order valence-electron chi connectivity index (χ3n) is 4.69. The van der Waals surface area contributed by atoms with Crippen molar-refractivity contribution in [3.8, 4) is 0 Å². The third kappa shape index (κ3) is 7.83. The second-order valence-corrected chi connectivity index (χ2v) is 17.0. The number of carbonyl (C=O) groups excluding carboxylic acids is 4. The molecule has 0 heterocycles. The first kappa shape index (κ1) is 27.2. The van der Waals surface area contributed by atoms with E-state index in [1.807, 2.05) is 0 Å². The van der Waals surface area contributed by atoms with Crippen LogP contribution in [0.3, 0.4) is 0 Å². The van der Waals surface area contributed by atoms with Crippen molar-refractivity contribution in [3.05, 3.63) is 0 Å². The first-order valence-corrected chi connectivity index (χ1v) is 13.8. The summed E-state index contributed by atoms with van der Waals surface area (Å²) in [7, 11) is 0. The molecule has 0 spiro atoms. The zero-order chi connectivity index (χ0) is 22.2. The second-order valence-electron chi connectivity index (χ2n) is 11.8. The van der Waals surface area contributed by atoms with E-state index in [9.17, 15) is 19.2 Å². The van der Waals surface area contributed by atoms with Crippen LogP contribution in [0, 0.1) is 21.7 Å². The normalized spacial score (nSPS) is 13.6. The van der Waals surface area contributed by atoms with E-state index in [-0.39, 0.29) is 23.1 Å². The van der Waals surface area contributed by atoms with E-state index in [2.05, 4.69) is 0 Å². The predicted octanol–water partition coefficient (Wildman–Crippen LogP) is 4.73. The summed E-state index contributed by atoms with van der Waals surface area (Å²) in [5.74, 6) is -0.475. The van der Waals surface area contributed by atoms with Gasteiger partial charge in [-0.25, -0.2) is 0 Å². The van der Waals surface area contributed by atoms with Gasteiger partial charge in [-0.15, -0.1) is 0 Å². The van der Waals surface area contributed by atoms with Crippen LogP contribution in [0.1, 0.15) is 83.1 Å². The molecule has 0 aliphatic heterocycles. The summed E-state index contributed by atoms with van der Waals surface area (Å²) in [5, 5.41) is 0. The van der Waals surface area contributed by atoms with Crippen LogP contribution in [0.15, 0.2) is 0 Å². The molecular formula is C22H38O4Sr. The Morgan fingerprint density at radius 3 is 0.704 bits per heavy atom. The molecule has 0 aromatic rings. The Labute approximate surface area is 188 Å². The molecular weight excluding hydrogens is 416 g/mol. The van der Waals surface area contributed by atoms with E-state index in [1.165, 1.54) is 0 Å². The number of rotatable bonds is 6. The Balaban J connectivity index is 6.29. The minimum atomic E-state index is -2.50. The quantitative estimate of drug-likeness (QED) is 0.430. The van der Waals surface area contributed by atoms with E-state index in [1.54, 1.807) is 83.1 Å². The molecule has 0 saturated carbocycles. The van der Waals surface area contributed by atoms with Gasteiger partial charge in [-0.05, 0) is 0 Å². The topological polar surface area (TPSA) is 68.3 Å². The molecule has 0 aromatic carbocycles. The molecule has 152 valence electrons. The fourth-order valence-electron chi connectivity index (χ4n) is 2.99. The van der Waals surface area contributed by atoms with Crippen molar-refractivity contribution < 1.29 is 19.2 Å². The monoisotopic (exact) mass is 454 g/mol. The summed E-state index contributed by atoms with van der Waals surface area (Å²) in [5.41, 5.74) is -2.71. The Morgan fingerprint density at radius 2 is 0.593 bits per heavy atom. The molecule has 4 nitrogen and oxygen atoms in total. The van der Waals surface area contributed by atoms with Crippen LogP contribution >= 0.6 is 0 Å². The average molecular weight is 454 g/mol. The molecule has 0 rings (SSSR count). The van der Waals surface area contributed by atoms with Crippen LogP contribution in [0.4, 0.5) is 0 Å². The molecule has 5 heteroatoms. The summed E-state index contributed by atoms with van der Waals surface area (Å²) >= 11 is -2.50. The van der Waals surface area contributed by atoms with E-state index in [0.29, 0.717) is 0 Å². The number of hydrogen-bond donors (Lipinski definition) is 0. The van der Waals surface area contributed by atoms with Crippen LogP contribution in [-0.4, -0.2) is 64.2 Å². The Hall–Kier alpha value is 0.161. The van der Waals surface area contributed by atoms with Crippen molar-refractivity contribution in [3.63, 3.8) is 0 Å². The van der Waals surface area contributed by atoms with Gasteiger partial charge in [0.25, 0.3) is 0 Å². The molecule has 0 amide bonds. The van der Waals surface area contributed by atoms with Gasteiger partial charge in [0.1, 0.15) is 0 Å². The predicted molar refractivity (Wildman–Crippen MR) is 111 cm³/mol. The zero-order valence-corrected chi connectivity index (χ0v) is 23.0. The van der Waals surface area contributed by atoms with Crippen molar-refractivity contribution in [2.45, 2.75) is 84.9 Å². The molecule has 0 N–H and O–H groups in total. The number of carbonyl (C=O) groups is 4. The van der Waals surface area contributed by atoms with Crippen molar-refractivity contribution in [2.24, 2.45) is 21.7 Å². The summed E-state index contributed by atoms with van der Waals surface area (Å²) in [6.07, 6.45) is 0. The van der Waals surface area contributed by atoms with Gasteiger partial charge in [0.15, 0.2) is 0 Å². The maximum absolute atomic E-state index is 13.1. The van der Waals surface area contributed by atoms with E-state index < -0.39 is 64.5 Å². The molecule has 27 heavy (non-hydrogen) atoms. The van der Waals surface area contributed by atoms with Crippen LogP contribution in [0.2, 0.25) is 1.78 Å². The van der Waals surface area contributed by atoms with Crippen molar-refractivity contribution >= 4 is 64.2 Å². The van der Waals surface area contributed by atoms with Crippen LogP contribution < -0.4 is 0 Å². The van der Waals surface area contributed by atoms with Gasteiger partial charge in [0, 0.05) is 0 Å². The van der Waals surface area contributed by atoms with Crippen molar-refractivity contribution in [1.29, 1.82) is 0 Å². The Kier molecular flexibility index (Phi) is 8.94. The molecule has 0 aliphatic rings. The van der Waals surface area contributed by atoms with E-state index in [0.717, 1.165) is 0 Å². The van der Waals surface area contributed by atoms with E-state index in [4.69, 9.17) is 0 Å². The molecule has 0 saturated heterocycles. The van der Waals surface area contributed by atoms with Gasteiger partial charge in [0.05, 0.1) is 0 Å². The van der Waals surface area contributed by atoms with Gasteiger partial charge in [-0.3, -0.25) is 0 Å². The van der Waals surface area contributed by atoms with Crippen molar-refractivity contribution in [1.82, 2.24) is 0 Å². The fraction of sp³-hybridized carbons (Fsp3) is 0.818. The summed E-state index contributed by atoms with van der Waals surface area (Å²) in [4.78, 5) is 52.6. The number of hydrogen-bond acceptors (Lipinski definition) is 4. The Morgan fingerprint density at radius 1 is 0.444 bits per heavy atom. The maximum atomic E-state index is 13.1. The first-order chi connectivity index (χ1) is 11.6. The van der Waals surface area contributed by atoms with Crippen LogP contribution in [-0.2, 0) is 19.2 Å². The number of Topliss-reactive ketones (excluding diaryl/α,β-unsaturated/α-hetero) is 4. The molecule has 0 fully saturated rings. The first-order valence-electron chi connectivity index (χ1n) is 9.79. The van der Waals surface area contributed by atoms with Crippen molar-refractivity contribution in [2.75, 3.05) is 0 Å². The molecule has 0 aliphatic carbocycles. The summed E-state index contributed by atoms with van der Waals surface area (Å²) < 4.78 is -1.51. The second kappa shape index (κ2) is 8.89. The SMILES string of the molecule is CC(C)(C)C(=O)[CH]([Sr][CH](C(=O)C(C)(C)C)C(=O)C(C)(C)C)C(=O)C(C)(C)C. The summed E-state index contributed by atoms with van der Waals surface area (Å²) in [6.45, 7) is 21.6. The summed E-state index contributed by atoms with van der Waals surface area (Å²) in [6, 6.07) is 0. The molecule has 0 atom stereocenters. The molecule has 0 unspecified atom stereocenters.